The number of hydrogen-bond acceptors (Lipinski definition) is 8. The Morgan fingerprint density at radius 1 is 1.17 bits per heavy atom. The van der Waals surface area contributed by atoms with Crippen LogP contribution in [0.3, 0.4) is 0 Å². The number of nitrogens with zero attached hydrogens (tertiary/aromatic N) is 4. The van der Waals surface area contributed by atoms with Crippen LogP contribution in [0.2, 0.25) is 0 Å². The van der Waals surface area contributed by atoms with Gasteiger partial charge >= 0.3 is 11.8 Å². The SMILES string of the molecule is O=C(Nc1cnccc1N1CCNCC1)c1nnc(-c2ccc3sccc3c2)o1. The van der Waals surface area contributed by atoms with Crippen molar-refractivity contribution in [3.8, 4) is 11.5 Å². The number of thiophene rings is 1. The molecule has 1 saturated heterocycles. The van der Waals surface area contributed by atoms with Gasteiger partial charge in [0.2, 0.25) is 5.89 Å². The number of rotatable bonds is 4. The minimum atomic E-state index is -0.454. The highest BCUT2D eigenvalue weighted by molar-refractivity contribution is 7.17. The number of piperazine rings is 1. The van der Waals surface area contributed by atoms with Crippen LogP contribution in [0.15, 0.2) is 52.5 Å². The molecular weight excluding hydrogens is 388 g/mol. The molecule has 29 heavy (non-hydrogen) atoms. The summed E-state index contributed by atoms with van der Waals surface area (Å²) in [6, 6.07) is 9.83. The number of carbonyl (C=O) groups excluding carboxylic acids is 1. The van der Waals surface area contributed by atoms with Crippen LogP contribution >= 0.6 is 11.3 Å². The molecule has 1 aromatic carbocycles. The first-order valence-electron chi connectivity index (χ1n) is 9.30. The lowest BCUT2D eigenvalue weighted by molar-refractivity contribution is 0.0991. The van der Waals surface area contributed by atoms with Crippen molar-refractivity contribution in [3.63, 3.8) is 0 Å². The van der Waals surface area contributed by atoms with Crippen molar-refractivity contribution in [3.05, 3.63) is 54.0 Å². The summed E-state index contributed by atoms with van der Waals surface area (Å²) in [6.07, 6.45) is 3.36. The van der Waals surface area contributed by atoms with E-state index in [2.05, 4.69) is 30.7 Å². The molecule has 0 saturated carbocycles. The normalized spacial score (nSPS) is 14.3. The number of carbonyl (C=O) groups is 1. The zero-order valence-corrected chi connectivity index (χ0v) is 16.3. The molecule has 1 aliphatic rings. The molecule has 1 amide bonds. The van der Waals surface area contributed by atoms with Gasteiger partial charge in [0.25, 0.3) is 0 Å². The van der Waals surface area contributed by atoms with Crippen LogP contribution in [0.25, 0.3) is 21.5 Å². The maximum atomic E-state index is 12.7. The predicted octanol–water partition coefficient (Wildman–Crippen LogP) is 3.01. The summed E-state index contributed by atoms with van der Waals surface area (Å²) >= 11 is 1.67. The van der Waals surface area contributed by atoms with E-state index in [-0.39, 0.29) is 5.89 Å². The second kappa shape index (κ2) is 7.61. The fourth-order valence-electron chi connectivity index (χ4n) is 3.37. The van der Waals surface area contributed by atoms with E-state index in [0.717, 1.165) is 42.8 Å². The second-order valence-corrected chi connectivity index (χ2v) is 7.62. The van der Waals surface area contributed by atoms with Crippen LogP contribution in [0, 0.1) is 0 Å². The average molecular weight is 406 g/mol. The zero-order valence-electron chi connectivity index (χ0n) is 15.5. The van der Waals surface area contributed by atoms with Gasteiger partial charge in [-0.15, -0.1) is 21.5 Å². The second-order valence-electron chi connectivity index (χ2n) is 6.67. The van der Waals surface area contributed by atoms with Crippen LogP contribution in [-0.2, 0) is 0 Å². The van der Waals surface area contributed by atoms with Gasteiger partial charge in [-0.1, -0.05) is 0 Å². The molecule has 9 heteroatoms. The molecule has 3 aromatic heterocycles. The van der Waals surface area contributed by atoms with Crippen LogP contribution in [-0.4, -0.2) is 47.3 Å². The Kier molecular flexibility index (Phi) is 4.66. The molecule has 0 radical (unpaired) electrons. The predicted molar refractivity (Wildman–Crippen MR) is 112 cm³/mol. The number of hydrogen-bond donors (Lipinski definition) is 2. The van der Waals surface area contributed by atoms with Crippen LogP contribution in [0.1, 0.15) is 10.7 Å². The largest absolute Gasteiger partial charge is 0.412 e. The summed E-state index contributed by atoms with van der Waals surface area (Å²) in [6.45, 7) is 3.53. The summed E-state index contributed by atoms with van der Waals surface area (Å²) in [4.78, 5) is 19.1. The van der Waals surface area contributed by atoms with Crippen molar-refractivity contribution < 1.29 is 9.21 Å². The Hall–Kier alpha value is -3.30. The van der Waals surface area contributed by atoms with Gasteiger partial charge in [0.15, 0.2) is 0 Å². The molecule has 4 aromatic rings. The molecule has 2 N–H and O–H groups in total. The lowest BCUT2D eigenvalue weighted by atomic mass is 10.2. The lowest BCUT2D eigenvalue weighted by Crippen LogP contribution is -2.43. The first-order valence-corrected chi connectivity index (χ1v) is 10.2. The van der Waals surface area contributed by atoms with E-state index in [0.29, 0.717) is 11.6 Å². The van der Waals surface area contributed by atoms with Crippen LogP contribution in [0.4, 0.5) is 11.4 Å². The van der Waals surface area contributed by atoms with Gasteiger partial charge in [-0.05, 0) is 41.1 Å². The highest BCUT2D eigenvalue weighted by Crippen LogP contribution is 2.28. The molecule has 0 bridgehead atoms. The van der Waals surface area contributed by atoms with Gasteiger partial charge in [0.05, 0.1) is 17.6 Å². The first kappa shape index (κ1) is 17.8. The Morgan fingerprint density at radius 3 is 2.97 bits per heavy atom. The third-order valence-corrected chi connectivity index (χ3v) is 5.72. The van der Waals surface area contributed by atoms with Gasteiger partial charge in [0, 0.05) is 42.6 Å². The van der Waals surface area contributed by atoms with Crippen molar-refractivity contribution in [2.45, 2.75) is 0 Å². The minimum absolute atomic E-state index is 0.0828. The Bertz CT molecular complexity index is 1160. The van der Waals surface area contributed by atoms with Crippen LogP contribution in [0.5, 0.6) is 0 Å². The fourth-order valence-corrected chi connectivity index (χ4v) is 4.14. The van der Waals surface area contributed by atoms with E-state index < -0.39 is 5.91 Å². The molecule has 0 spiro atoms. The van der Waals surface area contributed by atoms with Crippen molar-refractivity contribution in [1.82, 2.24) is 20.5 Å². The number of anilines is 2. The van der Waals surface area contributed by atoms with Crippen molar-refractivity contribution >= 4 is 38.7 Å². The van der Waals surface area contributed by atoms with E-state index in [1.165, 1.54) is 4.70 Å². The van der Waals surface area contributed by atoms with E-state index in [9.17, 15) is 4.79 Å². The van der Waals surface area contributed by atoms with Gasteiger partial charge in [-0.2, -0.15) is 0 Å². The highest BCUT2D eigenvalue weighted by atomic mass is 32.1. The number of pyridine rings is 1. The molecule has 4 heterocycles. The number of aromatic nitrogens is 3. The van der Waals surface area contributed by atoms with E-state index in [1.807, 2.05) is 35.7 Å². The molecular formula is C20H18N6O2S. The molecule has 0 atom stereocenters. The Labute approximate surface area is 170 Å². The quantitative estimate of drug-likeness (QED) is 0.538. The summed E-state index contributed by atoms with van der Waals surface area (Å²) < 4.78 is 6.82. The first-order chi connectivity index (χ1) is 14.3. The number of nitrogens with one attached hydrogen (secondary N) is 2. The third kappa shape index (κ3) is 3.57. The zero-order chi connectivity index (χ0) is 19.6. The Morgan fingerprint density at radius 2 is 2.07 bits per heavy atom. The Balaban J connectivity index is 1.37. The molecule has 146 valence electrons. The van der Waals surface area contributed by atoms with Gasteiger partial charge in [-0.25, -0.2) is 0 Å². The monoisotopic (exact) mass is 406 g/mol. The van der Waals surface area contributed by atoms with E-state index >= 15 is 0 Å². The van der Waals surface area contributed by atoms with Crippen molar-refractivity contribution in [2.24, 2.45) is 0 Å². The number of fused-ring (bicyclic) bond motifs is 1. The lowest BCUT2D eigenvalue weighted by Gasteiger charge is -2.30. The highest BCUT2D eigenvalue weighted by Gasteiger charge is 2.20. The molecule has 0 aliphatic carbocycles. The summed E-state index contributed by atoms with van der Waals surface area (Å²) in [5, 5.41) is 17.3. The molecule has 8 nitrogen and oxygen atoms in total. The smallest absolute Gasteiger partial charge is 0.313 e. The fraction of sp³-hybridized carbons (Fsp3) is 0.200. The summed E-state index contributed by atoms with van der Waals surface area (Å²) in [7, 11) is 0. The molecule has 1 aliphatic heterocycles. The topological polar surface area (TPSA) is 96.2 Å². The third-order valence-electron chi connectivity index (χ3n) is 4.82. The maximum absolute atomic E-state index is 12.7. The average Bonchev–Trinajstić information content (AvgIpc) is 3.44. The van der Waals surface area contributed by atoms with Gasteiger partial charge in [-0.3, -0.25) is 9.78 Å². The maximum Gasteiger partial charge on any atom is 0.313 e. The van der Waals surface area contributed by atoms with Gasteiger partial charge in [0.1, 0.15) is 0 Å². The molecule has 5 rings (SSSR count). The molecule has 0 unspecified atom stereocenters. The molecule has 1 fully saturated rings. The number of benzene rings is 1. The van der Waals surface area contributed by atoms with E-state index in [1.54, 1.807) is 23.7 Å². The summed E-state index contributed by atoms with van der Waals surface area (Å²) in [5.74, 6) is -0.220. The minimum Gasteiger partial charge on any atom is -0.412 e. The van der Waals surface area contributed by atoms with Gasteiger partial charge < -0.3 is 20.0 Å². The number of amides is 1. The standard InChI is InChI=1S/C20H18N6O2S/c27-18(23-15-12-22-5-3-16(15)26-8-6-21-7-9-26)20-25-24-19(28-20)14-1-2-17-13(11-14)4-10-29-17/h1-5,10-12,21H,6-9H2,(H,23,27). The summed E-state index contributed by atoms with van der Waals surface area (Å²) in [5.41, 5.74) is 2.33. The van der Waals surface area contributed by atoms with Crippen LogP contribution < -0.4 is 15.5 Å². The van der Waals surface area contributed by atoms with Crippen molar-refractivity contribution in [1.29, 1.82) is 0 Å². The van der Waals surface area contributed by atoms with E-state index in [4.69, 9.17) is 4.42 Å². The van der Waals surface area contributed by atoms with Crippen molar-refractivity contribution in [2.75, 3.05) is 36.4 Å².